The normalized spacial score (nSPS) is 10.0. The highest BCUT2D eigenvalue weighted by atomic mass is 16.5. The molecule has 146 valence electrons. The van der Waals surface area contributed by atoms with Crippen molar-refractivity contribution in [1.82, 2.24) is 0 Å². The van der Waals surface area contributed by atoms with Gasteiger partial charge in [-0.15, -0.1) is 0 Å². The largest absolute Gasteiger partial charge is 0.493 e. The Labute approximate surface area is 159 Å². The zero-order chi connectivity index (χ0) is 20.4. The van der Waals surface area contributed by atoms with E-state index in [1.165, 1.54) is 18.7 Å². The summed E-state index contributed by atoms with van der Waals surface area (Å²) in [7, 11) is 6.37. The number of hydrogen-bond donors (Lipinski definition) is 1. The van der Waals surface area contributed by atoms with E-state index in [2.05, 4.69) is 0 Å². The first-order valence-corrected chi connectivity index (χ1v) is 8.18. The Hall–Kier alpha value is -3.15. The lowest BCUT2D eigenvalue weighted by atomic mass is 10.1. The zero-order valence-corrected chi connectivity index (χ0v) is 16.5. The number of aliphatic carboxylic acids is 1. The molecular formula is C21H26O6. The molecule has 0 saturated heterocycles. The zero-order valence-electron chi connectivity index (χ0n) is 16.5. The maximum atomic E-state index is 10.4. The number of ether oxygens (including phenoxy) is 4. The van der Waals surface area contributed by atoms with Crippen LogP contribution >= 0.6 is 0 Å². The molecular weight excluding hydrogens is 348 g/mol. The molecule has 0 saturated carbocycles. The topological polar surface area (TPSA) is 74.2 Å². The molecule has 0 aliphatic carbocycles. The van der Waals surface area contributed by atoms with Gasteiger partial charge in [0.25, 0.3) is 0 Å². The third kappa shape index (κ3) is 6.58. The van der Waals surface area contributed by atoms with Crippen molar-refractivity contribution in [2.75, 3.05) is 28.4 Å². The highest BCUT2D eigenvalue weighted by Gasteiger charge is 2.06. The summed E-state index contributed by atoms with van der Waals surface area (Å²) in [4.78, 5) is 10.4. The highest BCUT2D eigenvalue weighted by Crippen LogP contribution is 2.30. The second kappa shape index (κ2) is 10.8. The van der Waals surface area contributed by atoms with Crippen LogP contribution in [0.15, 0.2) is 36.4 Å². The minimum Gasteiger partial charge on any atom is -0.493 e. The number of carbonyl (C=O) groups is 1. The first-order chi connectivity index (χ1) is 12.9. The number of benzene rings is 2. The summed E-state index contributed by atoms with van der Waals surface area (Å²) in [6, 6.07) is 9.38. The molecule has 6 nitrogen and oxygen atoms in total. The minimum absolute atomic E-state index is 0.582. The van der Waals surface area contributed by atoms with Crippen LogP contribution in [0, 0.1) is 13.8 Å². The van der Waals surface area contributed by atoms with E-state index >= 15 is 0 Å². The van der Waals surface area contributed by atoms with E-state index in [0.717, 1.165) is 28.7 Å². The molecule has 0 spiro atoms. The van der Waals surface area contributed by atoms with Crippen LogP contribution in [0.5, 0.6) is 23.0 Å². The van der Waals surface area contributed by atoms with Crippen molar-refractivity contribution < 1.29 is 28.8 Å². The first kappa shape index (κ1) is 21.9. The molecule has 1 N–H and O–H groups in total. The first-order valence-electron chi connectivity index (χ1n) is 8.18. The van der Waals surface area contributed by atoms with Gasteiger partial charge in [0.15, 0.2) is 23.0 Å². The second-order valence-electron chi connectivity index (χ2n) is 5.59. The van der Waals surface area contributed by atoms with Gasteiger partial charge >= 0.3 is 5.97 Å². The van der Waals surface area contributed by atoms with Crippen molar-refractivity contribution in [3.8, 4) is 23.0 Å². The molecule has 0 aliphatic rings. The van der Waals surface area contributed by atoms with Gasteiger partial charge in [-0.3, -0.25) is 0 Å². The summed E-state index contributed by atoms with van der Waals surface area (Å²) < 4.78 is 20.4. The third-order valence-electron chi connectivity index (χ3n) is 3.72. The molecule has 2 aromatic carbocycles. The van der Waals surface area contributed by atoms with Crippen LogP contribution in [0.25, 0.3) is 6.08 Å². The summed E-state index contributed by atoms with van der Waals surface area (Å²) >= 11 is 0. The van der Waals surface area contributed by atoms with Crippen LogP contribution in [0.2, 0.25) is 0 Å². The summed E-state index contributed by atoms with van der Waals surface area (Å²) in [6.45, 7) is 3.89. The van der Waals surface area contributed by atoms with E-state index in [4.69, 9.17) is 24.1 Å². The van der Waals surface area contributed by atoms with Crippen molar-refractivity contribution in [3.63, 3.8) is 0 Å². The molecule has 0 amide bonds. The van der Waals surface area contributed by atoms with Crippen molar-refractivity contribution in [1.29, 1.82) is 0 Å². The number of carboxylic acid groups (broad SMARTS) is 1. The number of methoxy groups -OCH3 is 4. The molecule has 0 fully saturated rings. The van der Waals surface area contributed by atoms with Crippen molar-refractivity contribution in [2.24, 2.45) is 0 Å². The summed E-state index contributed by atoms with van der Waals surface area (Å²) in [5, 5.41) is 8.55. The van der Waals surface area contributed by atoms with E-state index in [1.54, 1.807) is 33.5 Å². The summed E-state index contributed by atoms with van der Waals surface area (Å²) in [5.74, 6) is 1.80. The Balaban J connectivity index is 0.000000289. The fraction of sp³-hybridized carbons (Fsp3) is 0.286. The Kier molecular flexibility index (Phi) is 8.72. The molecule has 0 aromatic heterocycles. The molecule has 6 heteroatoms. The lowest BCUT2D eigenvalue weighted by Crippen LogP contribution is -1.93. The molecule has 0 unspecified atom stereocenters. The smallest absolute Gasteiger partial charge is 0.328 e. The van der Waals surface area contributed by atoms with Crippen LogP contribution in [0.1, 0.15) is 16.7 Å². The average Bonchev–Trinajstić information content (AvgIpc) is 2.66. The number of hydrogen-bond acceptors (Lipinski definition) is 5. The maximum Gasteiger partial charge on any atom is 0.328 e. The Morgan fingerprint density at radius 1 is 0.815 bits per heavy atom. The lowest BCUT2D eigenvalue weighted by Gasteiger charge is -2.10. The SMILES string of the molecule is COc1cc(C)c(/C=C/C(=O)O)cc1OC.COc1ccc(C)cc1OC. The Bertz CT molecular complexity index is 795. The summed E-state index contributed by atoms with van der Waals surface area (Å²) in [6.07, 6.45) is 2.62. The molecule has 2 rings (SSSR count). The van der Waals surface area contributed by atoms with E-state index in [-0.39, 0.29) is 0 Å². The van der Waals surface area contributed by atoms with Gasteiger partial charge in [-0.05, 0) is 60.9 Å². The Morgan fingerprint density at radius 3 is 1.85 bits per heavy atom. The van der Waals surface area contributed by atoms with Crippen LogP contribution < -0.4 is 18.9 Å². The predicted octanol–water partition coefficient (Wildman–Crippen LogP) is 4.12. The molecule has 0 radical (unpaired) electrons. The van der Waals surface area contributed by atoms with Gasteiger partial charge < -0.3 is 24.1 Å². The number of aryl methyl sites for hydroxylation is 2. The second-order valence-corrected chi connectivity index (χ2v) is 5.59. The van der Waals surface area contributed by atoms with Crippen LogP contribution in [0.3, 0.4) is 0 Å². The molecule has 0 atom stereocenters. The van der Waals surface area contributed by atoms with Crippen LogP contribution in [-0.4, -0.2) is 39.5 Å². The van der Waals surface area contributed by atoms with Gasteiger partial charge in [0.05, 0.1) is 28.4 Å². The van der Waals surface area contributed by atoms with Gasteiger partial charge in [-0.25, -0.2) is 4.79 Å². The monoisotopic (exact) mass is 374 g/mol. The minimum atomic E-state index is -0.978. The molecule has 0 heterocycles. The van der Waals surface area contributed by atoms with Gasteiger partial charge in [-0.2, -0.15) is 0 Å². The fourth-order valence-corrected chi connectivity index (χ4v) is 2.28. The molecule has 27 heavy (non-hydrogen) atoms. The fourth-order valence-electron chi connectivity index (χ4n) is 2.28. The van der Waals surface area contributed by atoms with E-state index in [9.17, 15) is 4.79 Å². The molecule has 0 bridgehead atoms. The number of carboxylic acids is 1. The van der Waals surface area contributed by atoms with Crippen molar-refractivity contribution in [2.45, 2.75) is 13.8 Å². The maximum absolute atomic E-state index is 10.4. The van der Waals surface area contributed by atoms with Gasteiger partial charge in [-0.1, -0.05) is 6.07 Å². The van der Waals surface area contributed by atoms with Crippen LogP contribution in [-0.2, 0) is 4.79 Å². The summed E-state index contributed by atoms with van der Waals surface area (Å²) in [5.41, 5.74) is 2.89. The Morgan fingerprint density at radius 2 is 1.33 bits per heavy atom. The van der Waals surface area contributed by atoms with Crippen molar-refractivity contribution in [3.05, 3.63) is 53.1 Å². The van der Waals surface area contributed by atoms with E-state index < -0.39 is 5.97 Å². The van der Waals surface area contributed by atoms with Crippen molar-refractivity contribution >= 4 is 12.0 Å². The molecule has 2 aromatic rings. The van der Waals surface area contributed by atoms with Crippen LogP contribution in [0.4, 0.5) is 0 Å². The number of rotatable bonds is 6. The van der Waals surface area contributed by atoms with E-state index in [1.807, 2.05) is 32.0 Å². The lowest BCUT2D eigenvalue weighted by molar-refractivity contribution is -0.131. The third-order valence-corrected chi connectivity index (χ3v) is 3.72. The average molecular weight is 374 g/mol. The standard InChI is InChI=1S/C12H14O4.C9H12O2/c1-8-6-10(15-2)11(16-3)7-9(8)4-5-12(13)14;1-7-4-5-8(10-2)9(6-7)11-3/h4-7H,1-3H3,(H,13,14);4-6H,1-3H3/b5-4+;. The van der Waals surface area contributed by atoms with E-state index in [0.29, 0.717) is 11.5 Å². The van der Waals surface area contributed by atoms with Gasteiger partial charge in [0, 0.05) is 6.08 Å². The predicted molar refractivity (Wildman–Crippen MR) is 105 cm³/mol. The highest BCUT2D eigenvalue weighted by molar-refractivity contribution is 5.85. The van der Waals surface area contributed by atoms with Gasteiger partial charge in [0.1, 0.15) is 0 Å². The quantitative estimate of drug-likeness (QED) is 0.767. The van der Waals surface area contributed by atoms with Gasteiger partial charge in [0.2, 0.25) is 0 Å². The molecule has 0 aliphatic heterocycles.